The zero-order valence-electron chi connectivity index (χ0n) is 12.4. The summed E-state index contributed by atoms with van der Waals surface area (Å²) in [6, 6.07) is 14.9. The summed E-state index contributed by atoms with van der Waals surface area (Å²) in [5, 5.41) is 2.60. The van der Waals surface area contributed by atoms with Crippen molar-refractivity contribution in [1.82, 2.24) is 0 Å². The Labute approximate surface area is 136 Å². The summed E-state index contributed by atoms with van der Waals surface area (Å²) in [5.74, 6) is -1.82. The smallest absolute Gasteiger partial charge is 0.343 e. The van der Waals surface area contributed by atoms with Crippen LogP contribution in [0.25, 0.3) is 0 Å². The lowest BCUT2D eigenvalue weighted by Gasteiger charge is -2.07. The topological polar surface area (TPSA) is 68.5 Å². The van der Waals surface area contributed by atoms with E-state index in [0.29, 0.717) is 5.69 Å². The number of esters is 1. The van der Waals surface area contributed by atoms with Crippen LogP contribution < -0.4 is 10.1 Å². The summed E-state index contributed by atoms with van der Waals surface area (Å²) < 4.78 is 23.5. The van der Waals surface area contributed by atoms with Crippen molar-refractivity contribution in [3.63, 3.8) is 0 Å². The zero-order valence-corrected chi connectivity index (χ0v) is 12.4. The van der Waals surface area contributed by atoms with Crippen LogP contribution in [0.2, 0.25) is 0 Å². The first kappa shape index (κ1) is 15.5. The molecule has 6 heteroatoms. The van der Waals surface area contributed by atoms with Crippen molar-refractivity contribution in [3.05, 3.63) is 84.1 Å². The van der Waals surface area contributed by atoms with Gasteiger partial charge >= 0.3 is 5.97 Å². The third-order valence-corrected chi connectivity index (χ3v) is 3.14. The first-order valence-corrected chi connectivity index (χ1v) is 7.05. The van der Waals surface area contributed by atoms with Crippen molar-refractivity contribution >= 4 is 17.6 Å². The predicted octanol–water partition coefficient (Wildman–Crippen LogP) is 3.89. The number of rotatable bonds is 4. The van der Waals surface area contributed by atoms with Gasteiger partial charge in [-0.1, -0.05) is 18.2 Å². The van der Waals surface area contributed by atoms with Gasteiger partial charge in [0.2, 0.25) is 0 Å². The molecule has 1 N–H and O–H groups in total. The highest BCUT2D eigenvalue weighted by molar-refractivity contribution is 6.03. The molecular formula is C18H12FNO4. The van der Waals surface area contributed by atoms with Gasteiger partial charge in [-0.15, -0.1) is 0 Å². The summed E-state index contributed by atoms with van der Waals surface area (Å²) in [6.07, 6.45) is 1.39. The molecule has 120 valence electrons. The quantitative estimate of drug-likeness (QED) is 0.583. The van der Waals surface area contributed by atoms with Crippen molar-refractivity contribution in [2.24, 2.45) is 0 Å². The van der Waals surface area contributed by atoms with Crippen molar-refractivity contribution in [3.8, 4) is 5.75 Å². The van der Waals surface area contributed by atoms with Gasteiger partial charge in [0.05, 0.1) is 11.8 Å². The van der Waals surface area contributed by atoms with Gasteiger partial charge in [-0.05, 0) is 42.5 Å². The Bertz CT molecular complexity index is 874. The Hall–Kier alpha value is -3.41. The van der Waals surface area contributed by atoms with Gasteiger partial charge < -0.3 is 14.5 Å². The number of amides is 1. The average molecular weight is 325 g/mol. The van der Waals surface area contributed by atoms with Crippen LogP contribution in [0.4, 0.5) is 10.1 Å². The molecule has 0 radical (unpaired) electrons. The molecule has 0 aliphatic rings. The number of carbonyl (C=O) groups is 2. The molecule has 0 fully saturated rings. The number of carbonyl (C=O) groups excluding carboxylic acids is 2. The fourth-order valence-electron chi connectivity index (χ4n) is 2.01. The van der Waals surface area contributed by atoms with E-state index in [-0.39, 0.29) is 17.1 Å². The lowest BCUT2D eigenvalue weighted by Crippen LogP contribution is -2.13. The van der Waals surface area contributed by atoms with Crippen molar-refractivity contribution in [2.75, 3.05) is 5.32 Å². The molecule has 3 aromatic rings. The summed E-state index contributed by atoms with van der Waals surface area (Å²) in [5.41, 5.74) is 0.565. The summed E-state index contributed by atoms with van der Waals surface area (Å²) in [6.45, 7) is 0. The average Bonchev–Trinajstić information content (AvgIpc) is 3.12. The number of benzene rings is 2. The highest BCUT2D eigenvalue weighted by Crippen LogP contribution is 2.19. The van der Waals surface area contributed by atoms with E-state index < -0.39 is 17.7 Å². The SMILES string of the molecule is O=C(Oc1ccccc1F)c1cccc(NC(=O)c2ccco2)c1. The van der Waals surface area contributed by atoms with Gasteiger partial charge in [0.25, 0.3) is 5.91 Å². The minimum atomic E-state index is -0.728. The van der Waals surface area contributed by atoms with Crippen LogP contribution >= 0.6 is 0 Å². The van der Waals surface area contributed by atoms with Crippen LogP contribution in [0.5, 0.6) is 5.75 Å². The van der Waals surface area contributed by atoms with Crippen molar-refractivity contribution in [1.29, 1.82) is 0 Å². The molecule has 1 heterocycles. The molecule has 0 saturated carbocycles. The van der Waals surface area contributed by atoms with Crippen LogP contribution in [-0.4, -0.2) is 11.9 Å². The van der Waals surface area contributed by atoms with E-state index in [0.717, 1.165) is 0 Å². The van der Waals surface area contributed by atoms with Crippen molar-refractivity contribution < 1.29 is 23.1 Å². The minimum Gasteiger partial charge on any atom is -0.459 e. The Kier molecular flexibility index (Phi) is 4.38. The number of nitrogens with one attached hydrogen (secondary N) is 1. The summed E-state index contributed by atoms with van der Waals surface area (Å²) >= 11 is 0. The fourth-order valence-corrected chi connectivity index (χ4v) is 2.01. The molecule has 24 heavy (non-hydrogen) atoms. The maximum atomic E-state index is 13.5. The van der Waals surface area contributed by atoms with Crippen LogP contribution in [0.15, 0.2) is 71.3 Å². The molecule has 1 amide bonds. The van der Waals surface area contributed by atoms with Crippen LogP contribution in [-0.2, 0) is 0 Å². The Balaban J connectivity index is 1.74. The highest BCUT2D eigenvalue weighted by atomic mass is 19.1. The first-order valence-electron chi connectivity index (χ1n) is 7.05. The van der Waals surface area contributed by atoms with Gasteiger partial charge in [-0.2, -0.15) is 0 Å². The number of para-hydroxylation sites is 1. The largest absolute Gasteiger partial charge is 0.459 e. The lowest BCUT2D eigenvalue weighted by molar-refractivity contribution is 0.0727. The monoisotopic (exact) mass is 325 g/mol. The molecule has 1 aromatic heterocycles. The van der Waals surface area contributed by atoms with Crippen LogP contribution in [0, 0.1) is 5.82 Å². The molecule has 0 aliphatic carbocycles. The number of furan rings is 1. The highest BCUT2D eigenvalue weighted by Gasteiger charge is 2.13. The molecule has 0 spiro atoms. The Morgan fingerprint density at radius 2 is 1.83 bits per heavy atom. The number of halogens is 1. The van der Waals surface area contributed by atoms with Gasteiger partial charge in [0.1, 0.15) is 0 Å². The van der Waals surface area contributed by atoms with Gasteiger partial charge in [-0.3, -0.25) is 4.79 Å². The Morgan fingerprint density at radius 1 is 1.00 bits per heavy atom. The van der Waals surface area contributed by atoms with Crippen LogP contribution in [0.3, 0.4) is 0 Å². The van der Waals surface area contributed by atoms with E-state index in [9.17, 15) is 14.0 Å². The predicted molar refractivity (Wildman–Crippen MR) is 84.5 cm³/mol. The van der Waals surface area contributed by atoms with Gasteiger partial charge in [0, 0.05) is 5.69 Å². The zero-order chi connectivity index (χ0) is 16.9. The van der Waals surface area contributed by atoms with E-state index in [1.807, 2.05) is 0 Å². The number of hydrogen-bond acceptors (Lipinski definition) is 4. The Morgan fingerprint density at radius 3 is 2.58 bits per heavy atom. The number of ether oxygens (including phenoxy) is 1. The summed E-state index contributed by atoms with van der Waals surface area (Å²) in [4.78, 5) is 24.0. The van der Waals surface area contributed by atoms with Crippen molar-refractivity contribution in [2.45, 2.75) is 0 Å². The number of hydrogen-bond donors (Lipinski definition) is 1. The van der Waals surface area contributed by atoms with Gasteiger partial charge in [-0.25, -0.2) is 9.18 Å². The minimum absolute atomic E-state index is 0.148. The van der Waals surface area contributed by atoms with E-state index in [2.05, 4.69) is 5.32 Å². The summed E-state index contributed by atoms with van der Waals surface area (Å²) in [7, 11) is 0. The molecule has 3 rings (SSSR count). The molecule has 0 saturated heterocycles. The standard InChI is InChI=1S/C18H12FNO4/c19-14-7-1-2-8-15(14)24-18(22)12-5-3-6-13(11-12)20-17(21)16-9-4-10-23-16/h1-11H,(H,20,21). The second kappa shape index (κ2) is 6.78. The molecule has 2 aromatic carbocycles. The fraction of sp³-hybridized carbons (Fsp3) is 0. The number of anilines is 1. The molecule has 0 atom stereocenters. The first-order chi connectivity index (χ1) is 11.6. The lowest BCUT2D eigenvalue weighted by atomic mass is 10.2. The van der Waals surface area contributed by atoms with Crippen LogP contribution in [0.1, 0.15) is 20.9 Å². The third kappa shape index (κ3) is 3.49. The second-order valence-corrected chi connectivity index (χ2v) is 4.83. The van der Waals surface area contributed by atoms with E-state index in [1.54, 1.807) is 24.3 Å². The molecule has 0 bridgehead atoms. The third-order valence-electron chi connectivity index (χ3n) is 3.14. The molecule has 5 nitrogen and oxygen atoms in total. The maximum Gasteiger partial charge on any atom is 0.343 e. The van der Waals surface area contributed by atoms with E-state index in [4.69, 9.17) is 9.15 Å². The molecule has 0 unspecified atom stereocenters. The molecule has 0 aliphatic heterocycles. The van der Waals surface area contributed by atoms with E-state index >= 15 is 0 Å². The molecular weight excluding hydrogens is 313 g/mol. The van der Waals surface area contributed by atoms with E-state index in [1.165, 1.54) is 42.7 Å². The maximum absolute atomic E-state index is 13.5. The normalized spacial score (nSPS) is 10.2. The second-order valence-electron chi connectivity index (χ2n) is 4.83. The van der Waals surface area contributed by atoms with Gasteiger partial charge in [0.15, 0.2) is 17.3 Å².